The maximum Gasteiger partial charge on any atom is 0.410 e. The molecule has 0 spiro atoms. The number of ether oxygens (including phenoxy) is 1. The summed E-state index contributed by atoms with van der Waals surface area (Å²) in [5, 5.41) is 0. The van der Waals surface area contributed by atoms with Crippen LogP contribution in [0.15, 0.2) is 30.3 Å². The van der Waals surface area contributed by atoms with Crippen LogP contribution in [-0.4, -0.2) is 23.6 Å². The third kappa shape index (κ3) is 4.58. The Morgan fingerprint density at radius 3 is 2.11 bits per heavy atom. The minimum atomic E-state index is -0.469. The van der Waals surface area contributed by atoms with E-state index in [1.807, 2.05) is 51.1 Å². The van der Waals surface area contributed by atoms with Gasteiger partial charge < -0.3 is 9.64 Å². The van der Waals surface area contributed by atoms with E-state index in [0.29, 0.717) is 5.92 Å². The van der Waals surface area contributed by atoms with Crippen LogP contribution in [0, 0.1) is 5.92 Å². The summed E-state index contributed by atoms with van der Waals surface area (Å²) in [5.74, 6) is 0.319. The Balaban J connectivity index is 2.92. The lowest BCUT2D eigenvalue weighted by Crippen LogP contribution is -2.38. The third-order valence-electron chi connectivity index (χ3n) is 2.87. The molecule has 0 N–H and O–H groups in total. The Morgan fingerprint density at radius 2 is 1.68 bits per heavy atom. The molecule has 0 aliphatic heterocycles. The van der Waals surface area contributed by atoms with E-state index in [1.165, 1.54) is 0 Å². The van der Waals surface area contributed by atoms with Gasteiger partial charge in [-0.15, -0.1) is 0 Å². The lowest BCUT2D eigenvalue weighted by atomic mass is 9.95. The first-order valence-corrected chi connectivity index (χ1v) is 6.73. The molecule has 3 nitrogen and oxygen atoms in total. The molecule has 1 unspecified atom stereocenters. The molecular formula is C16H25NO2. The van der Waals surface area contributed by atoms with Crippen LogP contribution in [0.5, 0.6) is 0 Å². The van der Waals surface area contributed by atoms with Crippen molar-refractivity contribution in [2.75, 3.05) is 7.05 Å². The molecule has 3 heteroatoms. The standard InChI is InChI=1S/C16H25NO2/c1-12(2)14(13-10-8-7-9-11-13)17(6)15(18)19-16(3,4)5/h7-12,14H,1-6H3. The summed E-state index contributed by atoms with van der Waals surface area (Å²) in [6.07, 6.45) is -0.282. The predicted octanol–water partition coefficient (Wildman–Crippen LogP) is 4.25. The van der Waals surface area contributed by atoms with Crippen molar-refractivity contribution in [3.05, 3.63) is 35.9 Å². The van der Waals surface area contributed by atoms with Crippen LogP contribution >= 0.6 is 0 Å². The Bertz CT molecular complexity index is 407. The molecule has 0 bridgehead atoms. The molecule has 0 fully saturated rings. The summed E-state index contributed by atoms with van der Waals surface area (Å²) in [6, 6.07) is 10.1. The predicted molar refractivity (Wildman–Crippen MR) is 78.0 cm³/mol. The van der Waals surface area contributed by atoms with Crippen molar-refractivity contribution in [3.63, 3.8) is 0 Å². The van der Waals surface area contributed by atoms with Crippen LogP contribution in [0.1, 0.15) is 46.2 Å². The van der Waals surface area contributed by atoms with Crippen LogP contribution in [0.4, 0.5) is 4.79 Å². The van der Waals surface area contributed by atoms with Crippen molar-refractivity contribution >= 4 is 6.09 Å². The van der Waals surface area contributed by atoms with Gasteiger partial charge in [0, 0.05) is 7.05 Å². The number of benzene rings is 1. The molecule has 1 aromatic carbocycles. The SMILES string of the molecule is CC(C)C(c1ccccc1)N(C)C(=O)OC(C)(C)C. The highest BCUT2D eigenvalue weighted by Crippen LogP contribution is 2.28. The van der Waals surface area contributed by atoms with E-state index in [4.69, 9.17) is 4.74 Å². The second-order valence-electron chi connectivity index (χ2n) is 6.19. The molecule has 0 radical (unpaired) electrons. The van der Waals surface area contributed by atoms with Crippen molar-refractivity contribution < 1.29 is 9.53 Å². The van der Waals surface area contributed by atoms with Crippen LogP contribution in [-0.2, 0) is 4.74 Å². The maximum absolute atomic E-state index is 12.2. The van der Waals surface area contributed by atoms with Gasteiger partial charge in [-0.2, -0.15) is 0 Å². The second-order valence-corrected chi connectivity index (χ2v) is 6.19. The van der Waals surface area contributed by atoms with Gasteiger partial charge in [0.1, 0.15) is 5.60 Å². The lowest BCUT2D eigenvalue weighted by molar-refractivity contribution is 0.0176. The Hall–Kier alpha value is -1.51. The maximum atomic E-state index is 12.2. The highest BCUT2D eigenvalue weighted by Gasteiger charge is 2.28. The minimum absolute atomic E-state index is 0.0241. The first-order valence-electron chi connectivity index (χ1n) is 6.73. The topological polar surface area (TPSA) is 29.5 Å². The number of carbonyl (C=O) groups excluding carboxylic acids is 1. The molecular weight excluding hydrogens is 238 g/mol. The van der Waals surface area contributed by atoms with Crippen LogP contribution < -0.4 is 0 Å². The van der Waals surface area contributed by atoms with Gasteiger partial charge in [-0.05, 0) is 32.3 Å². The third-order valence-corrected chi connectivity index (χ3v) is 2.87. The van der Waals surface area contributed by atoms with E-state index in [1.54, 1.807) is 11.9 Å². The Morgan fingerprint density at radius 1 is 1.16 bits per heavy atom. The molecule has 0 aromatic heterocycles. The van der Waals surface area contributed by atoms with Crippen molar-refractivity contribution in [3.8, 4) is 0 Å². The summed E-state index contributed by atoms with van der Waals surface area (Å²) >= 11 is 0. The Labute approximate surface area is 116 Å². The minimum Gasteiger partial charge on any atom is -0.444 e. The average molecular weight is 263 g/mol. The molecule has 0 heterocycles. The molecule has 0 saturated carbocycles. The fourth-order valence-electron chi connectivity index (χ4n) is 2.15. The van der Waals surface area contributed by atoms with Gasteiger partial charge in [0.25, 0.3) is 0 Å². The summed E-state index contributed by atoms with van der Waals surface area (Å²) in [5.41, 5.74) is 0.662. The van der Waals surface area contributed by atoms with Gasteiger partial charge in [-0.1, -0.05) is 44.2 Å². The number of rotatable bonds is 3. The summed E-state index contributed by atoms with van der Waals surface area (Å²) in [4.78, 5) is 13.9. The molecule has 1 aromatic rings. The zero-order valence-corrected chi connectivity index (χ0v) is 12.8. The molecule has 1 amide bonds. The molecule has 19 heavy (non-hydrogen) atoms. The average Bonchev–Trinajstić information content (AvgIpc) is 2.27. The highest BCUT2D eigenvalue weighted by atomic mass is 16.6. The largest absolute Gasteiger partial charge is 0.444 e. The van der Waals surface area contributed by atoms with Crippen molar-refractivity contribution in [2.24, 2.45) is 5.92 Å². The quantitative estimate of drug-likeness (QED) is 0.816. The first-order chi connectivity index (χ1) is 8.72. The van der Waals surface area contributed by atoms with E-state index in [2.05, 4.69) is 13.8 Å². The van der Waals surface area contributed by atoms with E-state index in [0.717, 1.165) is 5.56 Å². The number of hydrogen-bond acceptors (Lipinski definition) is 2. The number of amides is 1. The van der Waals surface area contributed by atoms with Gasteiger partial charge in [0.05, 0.1) is 6.04 Å². The van der Waals surface area contributed by atoms with Gasteiger partial charge >= 0.3 is 6.09 Å². The van der Waals surface area contributed by atoms with Crippen LogP contribution in [0.3, 0.4) is 0 Å². The molecule has 1 atom stereocenters. The zero-order chi connectivity index (χ0) is 14.6. The Kier molecular flexibility index (Phi) is 4.98. The van der Waals surface area contributed by atoms with E-state index in [-0.39, 0.29) is 12.1 Å². The summed E-state index contributed by atoms with van der Waals surface area (Å²) in [6.45, 7) is 9.86. The molecule has 0 aliphatic rings. The van der Waals surface area contributed by atoms with Gasteiger partial charge in [0.15, 0.2) is 0 Å². The van der Waals surface area contributed by atoms with Crippen molar-refractivity contribution in [2.45, 2.75) is 46.3 Å². The van der Waals surface area contributed by atoms with E-state index >= 15 is 0 Å². The number of hydrogen-bond donors (Lipinski definition) is 0. The monoisotopic (exact) mass is 263 g/mol. The summed E-state index contributed by atoms with van der Waals surface area (Å²) < 4.78 is 5.44. The van der Waals surface area contributed by atoms with Gasteiger partial charge in [0.2, 0.25) is 0 Å². The normalized spacial score (nSPS) is 13.2. The van der Waals surface area contributed by atoms with E-state index < -0.39 is 5.60 Å². The van der Waals surface area contributed by atoms with E-state index in [9.17, 15) is 4.79 Å². The smallest absolute Gasteiger partial charge is 0.410 e. The number of carbonyl (C=O) groups is 1. The van der Waals surface area contributed by atoms with Crippen molar-refractivity contribution in [1.29, 1.82) is 0 Å². The van der Waals surface area contributed by atoms with Crippen LogP contribution in [0.25, 0.3) is 0 Å². The molecule has 106 valence electrons. The highest BCUT2D eigenvalue weighted by molar-refractivity contribution is 5.68. The van der Waals surface area contributed by atoms with Crippen LogP contribution in [0.2, 0.25) is 0 Å². The lowest BCUT2D eigenvalue weighted by Gasteiger charge is -2.33. The molecule has 1 rings (SSSR count). The second kappa shape index (κ2) is 6.09. The fourth-order valence-corrected chi connectivity index (χ4v) is 2.15. The van der Waals surface area contributed by atoms with Gasteiger partial charge in [-0.25, -0.2) is 4.79 Å². The molecule has 0 saturated heterocycles. The van der Waals surface area contributed by atoms with Gasteiger partial charge in [-0.3, -0.25) is 0 Å². The fraction of sp³-hybridized carbons (Fsp3) is 0.562. The number of nitrogens with zero attached hydrogens (tertiary/aromatic N) is 1. The molecule has 0 aliphatic carbocycles. The zero-order valence-electron chi connectivity index (χ0n) is 12.8. The summed E-state index contributed by atoms with van der Waals surface area (Å²) in [7, 11) is 1.80. The first kappa shape index (κ1) is 15.5. The van der Waals surface area contributed by atoms with Crippen molar-refractivity contribution in [1.82, 2.24) is 4.90 Å².